The van der Waals surface area contributed by atoms with Crippen LogP contribution in [0.3, 0.4) is 0 Å². The molecule has 0 aromatic carbocycles. The molecule has 0 atom stereocenters. The highest BCUT2D eigenvalue weighted by Gasteiger charge is 2.15. The van der Waals surface area contributed by atoms with Crippen LogP contribution in [0.15, 0.2) is 23.1 Å². The molecule has 0 radical (unpaired) electrons. The van der Waals surface area contributed by atoms with Crippen molar-refractivity contribution in [3.05, 3.63) is 34.2 Å². The number of aryl methyl sites for hydroxylation is 2. The molecule has 0 spiro atoms. The minimum absolute atomic E-state index is 0.122. The number of nitrogens with one attached hydrogen (secondary N) is 1. The van der Waals surface area contributed by atoms with E-state index in [2.05, 4.69) is 5.32 Å². The number of hydrogen-bond donors (Lipinski definition) is 1. The van der Waals surface area contributed by atoms with E-state index in [1.54, 1.807) is 10.6 Å². The van der Waals surface area contributed by atoms with Crippen molar-refractivity contribution in [2.75, 3.05) is 13.1 Å². The fourth-order valence-electron chi connectivity index (χ4n) is 1.67. The summed E-state index contributed by atoms with van der Waals surface area (Å²) >= 11 is 0. The number of rotatable bonds is 3. The van der Waals surface area contributed by atoms with Gasteiger partial charge in [0, 0.05) is 18.8 Å². The lowest BCUT2D eigenvalue weighted by Crippen LogP contribution is -2.42. The molecular formula is C11H16N2O. The Morgan fingerprint density at radius 2 is 2.36 bits per heavy atom. The van der Waals surface area contributed by atoms with E-state index < -0.39 is 0 Å². The molecule has 1 aromatic rings. The Labute approximate surface area is 83.8 Å². The molecule has 2 heterocycles. The lowest BCUT2D eigenvalue weighted by Gasteiger charge is -2.27. The summed E-state index contributed by atoms with van der Waals surface area (Å²) in [6.45, 7) is 5.02. The first-order valence-electron chi connectivity index (χ1n) is 5.13. The molecule has 0 amide bonds. The topological polar surface area (TPSA) is 34.0 Å². The van der Waals surface area contributed by atoms with E-state index in [1.165, 1.54) is 0 Å². The maximum atomic E-state index is 11.5. The monoisotopic (exact) mass is 192 g/mol. The van der Waals surface area contributed by atoms with Gasteiger partial charge in [0.25, 0.3) is 5.56 Å². The van der Waals surface area contributed by atoms with Gasteiger partial charge in [-0.2, -0.15) is 0 Å². The zero-order chi connectivity index (χ0) is 9.97. The van der Waals surface area contributed by atoms with Crippen LogP contribution in [0.25, 0.3) is 0 Å². The molecule has 3 nitrogen and oxygen atoms in total. The minimum atomic E-state index is 0.122. The van der Waals surface area contributed by atoms with E-state index in [0.29, 0.717) is 0 Å². The van der Waals surface area contributed by atoms with E-state index in [-0.39, 0.29) is 5.56 Å². The van der Waals surface area contributed by atoms with Crippen molar-refractivity contribution in [2.45, 2.75) is 19.9 Å². The molecule has 1 fully saturated rings. The first kappa shape index (κ1) is 9.46. The molecule has 1 N–H and O–H groups in total. The number of pyridine rings is 1. The van der Waals surface area contributed by atoms with Crippen molar-refractivity contribution in [1.29, 1.82) is 0 Å². The average molecular weight is 192 g/mol. The van der Waals surface area contributed by atoms with Gasteiger partial charge in [-0.3, -0.25) is 4.79 Å². The van der Waals surface area contributed by atoms with Gasteiger partial charge in [-0.25, -0.2) is 0 Å². The van der Waals surface area contributed by atoms with Crippen LogP contribution >= 0.6 is 0 Å². The molecule has 0 saturated carbocycles. The van der Waals surface area contributed by atoms with Gasteiger partial charge in [0.15, 0.2) is 0 Å². The van der Waals surface area contributed by atoms with Crippen LogP contribution < -0.4 is 10.9 Å². The van der Waals surface area contributed by atoms with E-state index in [1.807, 2.05) is 19.2 Å². The Morgan fingerprint density at radius 1 is 1.57 bits per heavy atom. The quantitative estimate of drug-likeness (QED) is 0.767. The summed E-state index contributed by atoms with van der Waals surface area (Å²) in [6.07, 6.45) is 3.00. The van der Waals surface area contributed by atoms with Crippen molar-refractivity contribution in [1.82, 2.24) is 9.88 Å². The Morgan fingerprint density at radius 3 is 2.93 bits per heavy atom. The molecule has 76 valence electrons. The Balaban J connectivity index is 1.98. The molecule has 3 heteroatoms. The SMILES string of the molecule is Cc1ccn(CCC2CNC2)c(=O)c1. The summed E-state index contributed by atoms with van der Waals surface area (Å²) in [5.41, 5.74) is 1.16. The fraction of sp³-hybridized carbons (Fsp3) is 0.545. The van der Waals surface area contributed by atoms with Gasteiger partial charge >= 0.3 is 0 Å². The zero-order valence-corrected chi connectivity index (χ0v) is 8.49. The molecule has 2 rings (SSSR count). The van der Waals surface area contributed by atoms with Gasteiger partial charge < -0.3 is 9.88 Å². The van der Waals surface area contributed by atoms with E-state index in [9.17, 15) is 4.79 Å². The first-order valence-corrected chi connectivity index (χ1v) is 5.13. The highest BCUT2D eigenvalue weighted by molar-refractivity contribution is 5.07. The van der Waals surface area contributed by atoms with Crippen LogP contribution in [0.5, 0.6) is 0 Å². The minimum Gasteiger partial charge on any atom is -0.316 e. The third-order valence-corrected chi connectivity index (χ3v) is 2.80. The van der Waals surface area contributed by atoms with Crippen LogP contribution in [0.2, 0.25) is 0 Å². The maximum Gasteiger partial charge on any atom is 0.250 e. The van der Waals surface area contributed by atoms with E-state index in [0.717, 1.165) is 37.5 Å². The zero-order valence-electron chi connectivity index (χ0n) is 8.49. The van der Waals surface area contributed by atoms with Gasteiger partial charge in [-0.1, -0.05) is 0 Å². The molecule has 1 aliphatic rings. The molecular weight excluding hydrogens is 176 g/mol. The van der Waals surface area contributed by atoms with Crippen molar-refractivity contribution in [2.24, 2.45) is 5.92 Å². The summed E-state index contributed by atoms with van der Waals surface area (Å²) in [5.74, 6) is 0.767. The second-order valence-electron chi connectivity index (χ2n) is 4.05. The second-order valence-corrected chi connectivity index (χ2v) is 4.05. The first-order chi connectivity index (χ1) is 6.75. The Kier molecular flexibility index (Phi) is 2.68. The van der Waals surface area contributed by atoms with Gasteiger partial charge in [-0.15, -0.1) is 0 Å². The fourth-order valence-corrected chi connectivity index (χ4v) is 1.67. The van der Waals surface area contributed by atoms with E-state index in [4.69, 9.17) is 0 Å². The largest absolute Gasteiger partial charge is 0.316 e. The highest BCUT2D eigenvalue weighted by Crippen LogP contribution is 2.08. The standard InChI is InChI=1S/C11H16N2O/c1-9-2-4-13(11(14)6-9)5-3-10-7-12-8-10/h2,4,6,10,12H,3,5,7-8H2,1H3. The second kappa shape index (κ2) is 3.96. The summed E-state index contributed by atoms with van der Waals surface area (Å²) in [5, 5.41) is 3.23. The van der Waals surface area contributed by atoms with Crippen LogP contribution in [-0.4, -0.2) is 17.7 Å². The van der Waals surface area contributed by atoms with Gasteiger partial charge in [0.2, 0.25) is 0 Å². The van der Waals surface area contributed by atoms with Gasteiger partial charge in [-0.05, 0) is 44.0 Å². The Bertz CT molecular complexity index is 366. The summed E-state index contributed by atoms with van der Waals surface area (Å²) in [7, 11) is 0. The number of aromatic nitrogens is 1. The molecule has 0 unspecified atom stereocenters. The highest BCUT2D eigenvalue weighted by atomic mass is 16.1. The maximum absolute atomic E-state index is 11.5. The molecule has 14 heavy (non-hydrogen) atoms. The summed E-state index contributed by atoms with van der Waals surface area (Å²) < 4.78 is 1.80. The van der Waals surface area contributed by atoms with Crippen LogP contribution in [0, 0.1) is 12.8 Å². The normalized spacial score (nSPS) is 16.6. The van der Waals surface area contributed by atoms with Crippen molar-refractivity contribution in [3.8, 4) is 0 Å². The molecule has 1 aromatic heterocycles. The lowest BCUT2D eigenvalue weighted by molar-refractivity contribution is 0.310. The van der Waals surface area contributed by atoms with Crippen molar-refractivity contribution < 1.29 is 0 Å². The van der Waals surface area contributed by atoms with Crippen molar-refractivity contribution >= 4 is 0 Å². The van der Waals surface area contributed by atoms with Crippen LogP contribution in [0.4, 0.5) is 0 Å². The summed E-state index contributed by atoms with van der Waals surface area (Å²) in [6, 6.07) is 3.68. The third kappa shape index (κ3) is 2.04. The predicted molar refractivity (Wildman–Crippen MR) is 56.4 cm³/mol. The smallest absolute Gasteiger partial charge is 0.250 e. The molecule has 1 saturated heterocycles. The lowest BCUT2D eigenvalue weighted by atomic mass is 9.99. The van der Waals surface area contributed by atoms with E-state index >= 15 is 0 Å². The molecule has 0 aliphatic carbocycles. The van der Waals surface area contributed by atoms with Crippen molar-refractivity contribution in [3.63, 3.8) is 0 Å². The van der Waals surface area contributed by atoms with Crippen LogP contribution in [0.1, 0.15) is 12.0 Å². The molecule has 1 aliphatic heterocycles. The number of nitrogens with zero attached hydrogens (tertiary/aromatic N) is 1. The molecule has 0 bridgehead atoms. The Hall–Kier alpha value is -1.09. The van der Waals surface area contributed by atoms with Gasteiger partial charge in [0.05, 0.1) is 0 Å². The summed E-state index contributed by atoms with van der Waals surface area (Å²) in [4.78, 5) is 11.5. The van der Waals surface area contributed by atoms with Crippen LogP contribution in [-0.2, 0) is 6.54 Å². The predicted octanol–water partition coefficient (Wildman–Crippen LogP) is 0.766. The number of hydrogen-bond acceptors (Lipinski definition) is 2. The van der Waals surface area contributed by atoms with Gasteiger partial charge in [0.1, 0.15) is 0 Å². The third-order valence-electron chi connectivity index (χ3n) is 2.80. The average Bonchev–Trinajstić information content (AvgIpc) is 2.05.